The number of nitrogens with zero attached hydrogens (tertiary/aromatic N) is 1. The van der Waals surface area contributed by atoms with Gasteiger partial charge in [-0.2, -0.15) is 0 Å². The van der Waals surface area contributed by atoms with Gasteiger partial charge in [0.25, 0.3) is 11.8 Å². The highest BCUT2D eigenvalue weighted by molar-refractivity contribution is 6.12. The first-order valence-electron chi connectivity index (χ1n) is 18.1. The van der Waals surface area contributed by atoms with Crippen LogP contribution in [0, 0.1) is 0 Å². The van der Waals surface area contributed by atoms with Crippen LogP contribution in [0.15, 0.2) is 85.0 Å². The van der Waals surface area contributed by atoms with Gasteiger partial charge in [0.15, 0.2) is 0 Å². The third-order valence-electron chi connectivity index (χ3n) is 9.55. The Labute approximate surface area is 308 Å². The van der Waals surface area contributed by atoms with E-state index in [0.717, 1.165) is 54.4 Å². The number of imide groups is 1. The Kier molecular flexibility index (Phi) is 12.0. The highest BCUT2D eigenvalue weighted by atomic mass is 16.6. The largest absolute Gasteiger partial charge is 0.494 e. The standard InChI is InChI=1S/C42H43NO10/c1-27(24-40(46)52-31-8-4-3-5-9-31)41(47)51-23-7-22-49-30-11-13-32(14-12-30)53-42(48)29-10-16-34-35-17-15-33(26-37(35)28(2)36(34)25-29)50-21-6-20-43-38(44)18-19-39(43)45/h10-19,25-26,28,31H,1,3-9,20-24H2,2H3. The van der Waals surface area contributed by atoms with Crippen LogP contribution < -0.4 is 14.2 Å². The summed E-state index contributed by atoms with van der Waals surface area (Å²) in [5.41, 5.74) is 4.72. The fraction of sp³-hybridized carbons (Fsp3) is 0.357. The first-order chi connectivity index (χ1) is 25.7. The summed E-state index contributed by atoms with van der Waals surface area (Å²) in [4.78, 5) is 62.1. The Morgan fingerprint density at radius 1 is 0.755 bits per heavy atom. The van der Waals surface area contributed by atoms with Gasteiger partial charge in [-0.05, 0) is 103 Å². The van der Waals surface area contributed by atoms with Gasteiger partial charge in [0.05, 0.1) is 31.8 Å². The van der Waals surface area contributed by atoms with Crippen LogP contribution in [0.1, 0.15) is 85.7 Å². The van der Waals surface area contributed by atoms with Crippen molar-refractivity contribution in [3.63, 3.8) is 0 Å². The number of ether oxygens (including phenoxy) is 5. The maximum Gasteiger partial charge on any atom is 0.343 e. The van der Waals surface area contributed by atoms with Crippen LogP contribution in [-0.2, 0) is 28.7 Å². The Morgan fingerprint density at radius 3 is 2.11 bits per heavy atom. The second-order valence-electron chi connectivity index (χ2n) is 13.4. The molecule has 2 aliphatic carbocycles. The minimum atomic E-state index is -0.627. The van der Waals surface area contributed by atoms with E-state index in [0.29, 0.717) is 48.8 Å². The van der Waals surface area contributed by atoms with Crippen LogP contribution in [0.25, 0.3) is 11.1 Å². The normalized spacial score (nSPS) is 16.2. The zero-order valence-corrected chi connectivity index (χ0v) is 29.8. The van der Waals surface area contributed by atoms with E-state index in [4.69, 9.17) is 23.7 Å². The van der Waals surface area contributed by atoms with E-state index in [-0.39, 0.29) is 49.0 Å². The topological polar surface area (TPSA) is 135 Å². The summed E-state index contributed by atoms with van der Waals surface area (Å²) < 4.78 is 28.0. The summed E-state index contributed by atoms with van der Waals surface area (Å²) in [6, 6.07) is 18.1. The summed E-state index contributed by atoms with van der Waals surface area (Å²) in [7, 11) is 0. The molecule has 11 nitrogen and oxygen atoms in total. The van der Waals surface area contributed by atoms with Crippen molar-refractivity contribution in [3.05, 3.63) is 102 Å². The Bertz CT molecular complexity index is 1890. The van der Waals surface area contributed by atoms with E-state index in [1.165, 1.54) is 17.1 Å². The van der Waals surface area contributed by atoms with Gasteiger partial charge in [0, 0.05) is 36.6 Å². The molecule has 1 heterocycles. The smallest absolute Gasteiger partial charge is 0.343 e. The molecule has 0 N–H and O–H groups in total. The van der Waals surface area contributed by atoms with Crippen LogP contribution in [0.4, 0.5) is 0 Å². The lowest BCUT2D eigenvalue weighted by Gasteiger charge is -2.21. The zero-order chi connectivity index (χ0) is 37.3. The van der Waals surface area contributed by atoms with Gasteiger partial charge >= 0.3 is 17.9 Å². The van der Waals surface area contributed by atoms with Crippen molar-refractivity contribution in [3.8, 4) is 28.4 Å². The van der Waals surface area contributed by atoms with Gasteiger partial charge in [0.2, 0.25) is 0 Å². The molecule has 1 atom stereocenters. The number of carbonyl (C=O) groups excluding carboxylic acids is 5. The average molecular weight is 722 g/mol. The second-order valence-corrected chi connectivity index (χ2v) is 13.4. The Morgan fingerprint density at radius 2 is 1.38 bits per heavy atom. The van der Waals surface area contributed by atoms with Crippen molar-refractivity contribution in [1.29, 1.82) is 0 Å². The summed E-state index contributed by atoms with van der Waals surface area (Å²) in [6.07, 6.45) is 8.22. The van der Waals surface area contributed by atoms with Crippen LogP contribution in [0.5, 0.6) is 17.2 Å². The predicted octanol–water partition coefficient (Wildman–Crippen LogP) is 6.87. The molecule has 0 saturated heterocycles. The zero-order valence-electron chi connectivity index (χ0n) is 29.8. The molecule has 3 aromatic carbocycles. The van der Waals surface area contributed by atoms with Crippen molar-refractivity contribution >= 4 is 29.7 Å². The van der Waals surface area contributed by atoms with E-state index >= 15 is 0 Å². The van der Waals surface area contributed by atoms with Crippen molar-refractivity contribution in [1.82, 2.24) is 4.90 Å². The molecule has 3 aromatic rings. The second kappa shape index (κ2) is 17.2. The first-order valence-corrected chi connectivity index (χ1v) is 18.1. The number of hydrogen-bond donors (Lipinski definition) is 0. The number of amides is 2. The summed E-state index contributed by atoms with van der Waals surface area (Å²) in [5, 5.41) is 0. The molecular formula is C42H43NO10. The van der Waals surface area contributed by atoms with Gasteiger partial charge in [-0.1, -0.05) is 32.1 Å². The molecule has 0 radical (unpaired) electrons. The van der Waals surface area contributed by atoms with Gasteiger partial charge in [0.1, 0.15) is 23.4 Å². The van der Waals surface area contributed by atoms with Crippen molar-refractivity contribution in [2.45, 2.75) is 70.3 Å². The molecule has 6 rings (SSSR count). The highest BCUT2D eigenvalue weighted by Crippen LogP contribution is 2.46. The van der Waals surface area contributed by atoms with Crippen molar-refractivity contribution < 1.29 is 47.7 Å². The fourth-order valence-corrected chi connectivity index (χ4v) is 6.70. The minimum Gasteiger partial charge on any atom is -0.494 e. The average Bonchev–Trinajstić information content (AvgIpc) is 3.63. The van der Waals surface area contributed by atoms with Gasteiger partial charge in [-0.25, -0.2) is 9.59 Å². The lowest BCUT2D eigenvalue weighted by molar-refractivity contribution is -0.151. The van der Waals surface area contributed by atoms with Crippen LogP contribution in [0.3, 0.4) is 0 Å². The number of rotatable bonds is 16. The summed E-state index contributed by atoms with van der Waals surface area (Å²) in [5.74, 6) is -0.511. The Hall–Kier alpha value is -5.71. The van der Waals surface area contributed by atoms with E-state index in [9.17, 15) is 24.0 Å². The molecule has 276 valence electrons. The van der Waals surface area contributed by atoms with E-state index in [1.54, 1.807) is 30.3 Å². The Balaban J connectivity index is 0.911. The molecule has 1 unspecified atom stereocenters. The monoisotopic (exact) mass is 721 g/mol. The molecule has 1 saturated carbocycles. The lowest BCUT2D eigenvalue weighted by atomic mass is 9.98. The summed E-state index contributed by atoms with van der Waals surface area (Å²) >= 11 is 0. The van der Waals surface area contributed by atoms with Crippen LogP contribution >= 0.6 is 0 Å². The highest BCUT2D eigenvalue weighted by Gasteiger charge is 2.28. The van der Waals surface area contributed by atoms with Crippen LogP contribution in [-0.4, -0.2) is 67.1 Å². The molecule has 53 heavy (non-hydrogen) atoms. The van der Waals surface area contributed by atoms with E-state index in [1.807, 2.05) is 30.3 Å². The quantitative estimate of drug-likeness (QED) is 0.0507. The first kappa shape index (κ1) is 37.1. The molecule has 0 bridgehead atoms. The maximum absolute atomic E-state index is 13.1. The molecule has 2 amide bonds. The van der Waals surface area contributed by atoms with Gasteiger partial charge < -0.3 is 23.7 Å². The molecule has 0 spiro atoms. The molecule has 3 aliphatic rings. The number of esters is 3. The van der Waals surface area contributed by atoms with Gasteiger partial charge in [-0.3, -0.25) is 19.3 Å². The van der Waals surface area contributed by atoms with Gasteiger partial charge in [-0.15, -0.1) is 0 Å². The van der Waals surface area contributed by atoms with Crippen molar-refractivity contribution in [2.24, 2.45) is 0 Å². The molecule has 11 heteroatoms. The molecule has 1 fully saturated rings. The predicted molar refractivity (Wildman–Crippen MR) is 195 cm³/mol. The third-order valence-corrected chi connectivity index (χ3v) is 9.55. The number of hydrogen-bond acceptors (Lipinski definition) is 10. The number of fused-ring (bicyclic) bond motifs is 3. The summed E-state index contributed by atoms with van der Waals surface area (Å²) in [6.45, 7) is 6.80. The maximum atomic E-state index is 13.1. The third kappa shape index (κ3) is 9.40. The molecule has 0 aromatic heterocycles. The SMILES string of the molecule is C=C(CC(=O)OC1CCCCC1)C(=O)OCCCOc1ccc(OC(=O)c2ccc3c(c2)C(C)c2cc(OCCCN4C(=O)C=CC4=O)ccc2-3)cc1. The van der Waals surface area contributed by atoms with E-state index in [2.05, 4.69) is 13.5 Å². The van der Waals surface area contributed by atoms with Crippen molar-refractivity contribution in [2.75, 3.05) is 26.4 Å². The minimum absolute atomic E-state index is 0.0238. The van der Waals surface area contributed by atoms with Crippen LogP contribution in [0.2, 0.25) is 0 Å². The molecular weight excluding hydrogens is 678 g/mol. The number of benzene rings is 3. The molecule has 1 aliphatic heterocycles. The number of carbonyl (C=O) groups is 5. The van der Waals surface area contributed by atoms with E-state index < -0.39 is 17.9 Å². The fourth-order valence-electron chi connectivity index (χ4n) is 6.70. The lowest BCUT2D eigenvalue weighted by Crippen LogP contribution is -2.31.